The van der Waals surface area contributed by atoms with E-state index >= 15 is 0 Å². The largest absolute Gasteiger partial charge is 0.496 e. The average molecular weight is 474 g/mol. The Labute approximate surface area is 183 Å². The molecule has 1 heterocycles. The van der Waals surface area contributed by atoms with E-state index in [9.17, 15) is 4.79 Å². The molecule has 7 nitrogen and oxygen atoms in total. The molecule has 1 unspecified atom stereocenters. The maximum atomic E-state index is 12.3. The Balaban J connectivity index is 1.53. The second-order valence-corrected chi connectivity index (χ2v) is 7.51. The third-order valence-corrected chi connectivity index (χ3v) is 5.13. The molecular weight excluding hydrogens is 450 g/mol. The molecule has 1 aromatic heterocycles. The lowest BCUT2D eigenvalue weighted by Crippen LogP contribution is -2.26. The summed E-state index contributed by atoms with van der Waals surface area (Å²) in [5.74, 6) is 2.37. The predicted molar refractivity (Wildman–Crippen MR) is 116 cm³/mol. The summed E-state index contributed by atoms with van der Waals surface area (Å²) in [5.41, 5.74) is 1.81. The van der Waals surface area contributed by atoms with Crippen LogP contribution in [0.15, 0.2) is 51.5 Å². The third kappa shape index (κ3) is 5.60. The van der Waals surface area contributed by atoms with E-state index in [2.05, 4.69) is 31.4 Å². The van der Waals surface area contributed by atoms with Crippen molar-refractivity contribution in [2.24, 2.45) is 0 Å². The van der Waals surface area contributed by atoms with E-state index in [1.165, 1.54) is 0 Å². The molecule has 0 saturated heterocycles. The highest BCUT2D eigenvalue weighted by Gasteiger charge is 2.14. The summed E-state index contributed by atoms with van der Waals surface area (Å²) in [6.07, 6.45) is 0.626. The van der Waals surface area contributed by atoms with Crippen LogP contribution < -0.4 is 14.8 Å². The van der Waals surface area contributed by atoms with Gasteiger partial charge in [0.1, 0.15) is 11.5 Å². The van der Waals surface area contributed by atoms with E-state index in [0.29, 0.717) is 24.7 Å². The first-order chi connectivity index (χ1) is 14.5. The number of hydrogen-bond acceptors (Lipinski definition) is 6. The number of rotatable bonds is 9. The van der Waals surface area contributed by atoms with Crippen LogP contribution in [0.4, 0.5) is 0 Å². The van der Waals surface area contributed by atoms with E-state index in [4.69, 9.17) is 14.0 Å². The highest BCUT2D eigenvalue weighted by Crippen LogP contribution is 2.28. The van der Waals surface area contributed by atoms with Crippen molar-refractivity contribution in [3.05, 3.63) is 58.4 Å². The molecule has 3 rings (SSSR count). The number of ether oxygens (including phenoxy) is 2. The van der Waals surface area contributed by atoms with Crippen molar-refractivity contribution < 1.29 is 18.8 Å². The summed E-state index contributed by atoms with van der Waals surface area (Å²) in [7, 11) is 1.61. The van der Waals surface area contributed by atoms with Gasteiger partial charge in [0.15, 0.2) is 0 Å². The van der Waals surface area contributed by atoms with Crippen LogP contribution in [-0.4, -0.2) is 29.8 Å². The molecule has 0 spiro atoms. The molecule has 0 bridgehead atoms. The number of hydrogen-bond donors (Lipinski definition) is 1. The van der Waals surface area contributed by atoms with Gasteiger partial charge in [-0.05, 0) is 71.7 Å². The van der Waals surface area contributed by atoms with Crippen LogP contribution in [0.2, 0.25) is 0 Å². The van der Waals surface area contributed by atoms with Crippen LogP contribution in [-0.2, 0) is 11.2 Å². The maximum absolute atomic E-state index is 12.3. The Bertz CT molecular complexity index is 988. The van der Waals surface area contributed by atoms with Gasteiger partial charge in [-0.2, -0.15) is 4.98 Å². The zero-order chi connectivity index (χ0) is 21.5. The topological polar surface area (TPSA) is 86.5 Å². The van der Waals surface area contributed by atoms with Crippen LogP contribution in [0.1, 0.15) is 37.8 Å². The van der Waals surface area contributed by atoms with E-state index in [1.807, 2.05) is 56.3 Å². The number of halogens is 1. The normalized spacial score (nSPS) is 11.7. The molecule has 3 aromatic rings. The van der Waals surface area contributed by atoms with Crippen LogP contribution >= 0.6 is 15.9 Å². The van der Waals surface area contributed by atoms with Gasteiger partial charge in [-0.1, -0.05) is 11.2 Å². The van der Waals surface area contributed by atoms with Gasteiger partial charge >= 0.3 is 0 Å². The molecular formula is C22H24BrN3O4. The molecule has 0 aliphatic carbocycles. The maximum Gasteiger partial charge on any atom is 0.227 e. The van der Waals surface area contributed by atoms with Crippen LogP contribution in [0, 0.1) is 0 Å². The first-order valence-corrected chi connectivity index (χ1v) is 10.5. The summed E-state index contributed by atoms with van der Waals surface area (Å²) >= 11 is 3.46. The minimum atomic E-state index is -0.137. The van der Waals surface area contributed by atoms with Gasteiger partial charge in [-0.15, -0.1) is 0 Å². The second kappa shape index (κ2) is 10.2. The van der Waals surface area contributed by atoms with E-state index in [0.717, 1.165) is 27.1 Å². The third-order valence-electron chi connectivity index (χ3n) is 4.51. The quantitative estimate of drug-likeness (QED) is 0.483. The van der Waals surface area contributed by atoms with E-state index in [1.54, 1.807) is 7.11 Å². The predicted octanol–water partition coefficient (Wildman–Crippen LogP) is 4.72. The number of aryl methyl sites for hydroxylation is 1. The fourth-order valence-electron chi connectivity index (χ4n) is 2.91. The summed E-state index contributed by atoms with van der Waals surface area (Å²) < 4.78 is 16.8. The SMILES string of the molecule is CCOc1ccc(-c2noc(CCC(=O)NC(C)c3ccc(OC)c(Br)c3)n2)cc1. The van der Waals surface area contributed by atoms with Gasteiger partial charge in [0, 0.05) is 18.4 Å². The number of nitrogens with zero attached hydrogens (tertiary/aromatic N) is 2. The first kappa shape index (κ1) is 21.8. The molecule has 0 aliphatic rings. The Morgan fingerprint density at radius 2 is 2.00 bits per heavy atom. The van der Waals surface area contributed by atoms with Gasteiger partial charge in [-0.25, -0.2) is 0 Å². The van der Waals surface area contributed by atoms with Gasteiger partial charge in [0.25, 0.3) is 0 Å². The molecule has 8 heteroatoms. The molecule has 1 N–H and O–H groups in total. The first-order valence-electron chi connectivity index (χ1n) is 9.68. The van der Waals surface area contributed by atoms with Crippen molar-refractivity contribution in [1.82, 2.24) is 15.5 Å². The molecule has 0 fully saturated rings. The van der Waals surface area contributed by atoms with Crippen molar-refractivity contribution >= 4 is 21.8 Å². The second-order valence-electron chi connectivity index (χ2n) is 6.65. The number of aromatic nitrogens is 2. The van der Waals surface area contributed by atoms with Gasteiger partial charge in [0.05, 0.1) is 24.2 Å². The number of carbonyl (C=O) groups is 1. The molecule has 1 atom stereocenters. The monoisotopic (exact) mass is 473 g/mol. The zero-order valence-corrected chi connectivity index (χ0v) is 18.7. The molecule has 0 aliphatic heterocycles. The number of nitrogens with one attached hydrogen (secondary N) is 1. The van der Waals surface area contributed by atoms with E-state index in [-0.39, 0.29) is 18.4 Å². The van der Waals surface area contributed by atoms with Crippen molar-refractivity contribution in [2.75, 3.05) is 13.7 Å². The molecule has 158 valence electrons. The molecule has 0 radical (unpaired) electrons. The van der Waals surface area contributed by atoms with Crippen molar-refractivity contribution in [3.8, 4) is 22.9 Å². The van der Waals surface area contributed by atoms with Crippen molar-refractivity contribution in [1.29, 1.82) is 0 Å². The highest BCUT2D eigenvalue weighted by atomic mass is 79.9. The summed E-state index contributed by atoms with van der Waals surface area (Å²) in [6.45, 7) is 4.48. The molecule has 2 aromatic carbocycles. The van der Waals surface area contributed by atoms with Gasteiger partial charge in [-0.3, -0.25) is 4.79 Å². The standard InChI is InChI=1S/C22H24BrN3O4/c1-4-29-17-8-5-15(6-9-17)22-25-21(30-26-22)12-11-20(27)24-14(2)16-7-10-19(28-3)18(23)13-16/h5-10,13-14H,4,11-12H2,1-3H3,(H,24,27). The Morgan fingerprint density at radius 3 is 2.67 bits per heavy atom. The lowest BCUT2D eigenvalue weighted by molar-refractivity contribution is -0.121. The zero-order valence-electron chi connectivity index (χ0n) is 17.1. The number of benzene rings is 2. The molecule has 0 saturated carbocycles. The number of amides is 1. The smallest absolute Gasteiger partial charge is 0.227 e. The summed E-state index contributed by atoms with van der Waals surface area (Å²) in [5, 5.41) is 6.98. The van der Waals surface area contributed by atoms with Gasteiger partial charge < -0.3 is 19.3 Å². The fourth-order valence-corrected chi connectivity index (χ4v) is 3.47. The lowest BCUT2D eigenvalue weighted by atomic mass is 10.1. The Morgan fingerprint density at radius 1 is 1.23 bits per heavy atom. The van der Waals surface area contributed by atoms with Crippen LogP contribution in [0.3, 0.4) is 0 Å². The van der Waals surface area contributed by atoms with Crippen LogP contribution in [0.25, 0.3) is 11.4 Å². The Kier molecular flexibility index (Phi) is 7.46. The summed E-state index contributed by atoms with van der Waals surface area (Å²) in [4.78, 5) is 16.7. The average Bonchev–Trinajstić information content (AvgIpc) is 3.22. The van der Waals surface area contributed by atoms with Crippen molar-refractivity contribution in [3.63, 3.8) is 0 Å². The molecule has 1 amide bonds. The minimum absolute atomic E-state index is 0.0877. The minimum Gasteiger partial charge on any atom is -0.496 e. The van der Waals surface area contributed by atoms with E-state index < -0.39 is 0 Å². The van der Waals surface area contributed by atoms with Crippen LogP contribution in [0.5, 0.6) is 11.5 Å². The highest BCUT2D eigenvalue weighted by molar-refractivity contribution is 9.10. The molecule has 30 heavy (non-hydrogen) atoms. The summed E-state index contributed by atoms with van der Waals surface area (Å²) in [6, 6.07) is 13.1. The lowest BCUT2D eigenvalue weighted by Gasteiger charge is -2.15. The number of carbonyl (C=O) groups excluding carboxylic acids is 1. The Hall–Kier alpha value is -2.87. The van der Waals surface area contributed by atoms with Crippen molar-refractivity contribution in [2.45, 2.75) is 32.7 Å². The fraction of sp³-hybridized carbons (Fsp3) is 0.318. The van der Waals surface area contributed by atoms with Gasteiger partial charge in [0.2, 0.25) is 17.6 Å². The number of methoxy groups -OCH3 is 1.